The molecule has 1 atom stereocenters. The number of allylic oxidation sites excluding steroid dienone is 1. The highest BCUT2D eigenvalue weighted by molar-refractivity contribution is 5.62. The number of hydrogen-bond donors (Lipinski definition) is 2. The van der Waals surface area contributed by atoms with Crippen molar-refractivity contribution in [3.63, 3.8) is 0 Å². The van der Waals surface area contributed by atoms with E-state index in [9.17, 15) is 9.18 Å². The zero-order valence-corrected chi connectivity index (χ0v) is 12.9. The SMILES string of the molecule is C=CCCC(C)(N)C=O.CC.CNc1ccc(F)cc1. The summed E-state index contributed by atoms with van der Waals surface area (Å²) in [6.07, 6.45) is 4.01. The van der Waals surface area contributed by atoms with Gasteiger partial charge in [0.15, 0.2) is 0 Å². The van der Waals surface area contributed by atoms with Gasteiger partial charge in [0.05, 0.1) is 5.54 Å². The van der Waals surface area contributed by atoms with Gasteiger partial charge in [-0.05, 0) is 44.0 Å². The Hall–Kier alpha value is -1.68. The number of halogens is 1. The minimum Gasteiger partial charge on any atom is -0.388 e. The summed E-state index contributed by atoms with van der Waals surface area (Å²) in [5.41, 5.74) is 5.75. The first-order valence-corrected chi connectivity index (χ1v) is 6.74. The fourth-order valence-electron chi connectivity index (χ4n) is 1.09. The highest BCUT2D eigenvalue weighted by atomic mass is 19.1. The van der Waals surface area contributed by atoms with Gasteiger partial charge in [0.25, 0.3) is 0 Å². The van der Waals surface area contributed by atoms with E-state index in [-0.39, 0.29) is 5.82 Å². The highest BCUT2D eigenvalue weighted by Gasteiger charge is 2.14. The summed E-state index contributed by atoms with van der Waals surface area (Å²) in [5.74, 6) is -0.200. The molecule has 114 valence electrons. The van der Waals surface area contributed by atoms with Gasteiger partial charge in [0.2, 0.25) is 0 Å². The second kappa shape index (κ2) is 12.4. The quantitative estimate of drug-likeness (QED) is 0.638. The second-order valence-electron chi connectivity index (χ2n) is 4.21. The predicted octanol–water partition coefficient (Wildman–Crippen LogP) is 3.76. The zero-order valence-electron chi connectivity index (χ0n) is 12.9. The van der Waals surface area contributed by atoms with Crippen LogP contribution in [0.25, 0.3) is 0 Å². The Morgan fingerprint density at radius 3 is 2.20 bits per heavy atom. The fraction of sp³-hybridized carbons (Fsp3) is 0.438. The molecule has 0 aromatic heterocycles. The fourth-order valence-corrected chi connectivity index (χ4v) is 1.09. The van der Waals surface area contributed by atoms with Gasteiger partial charge in [0, 0.05) is 12.7 Å². The molecule has 1 aromatic rings. The maximum atomic E-state index is 12.2. The minimum absolute atomic E-state index is 0.200. The number of carbonyl (C=O) groups is 1. The van der Waals surface area contributed by atoms with Gasteiger partial charge < -0.3 is 15.8 Å². The first-order chi connectivity index (χ1) is 9.45. The molecule has 3 N–H and O–H groups in total. The van der Waals surface area contributed by atoms with Crippen molar-refractivity contribution in [2.75, 3.05) is 12.4 Å². The highest BCUT2D eigenvalue weighted by Crippen LogP contribution is 2.06. The molecule has 0 bridgehead atoms. The summed E-state index contributed by atoms with van der Waals surface area (Å²) in [7, 11) is 1.80. The molecular weight excluding hydrogens is 255 g/mol. The van der Waals surface area contributed by atoms with Crippen LogP contribution >= 0.6 is 0 Å². The maximum Gasteiger partial charge on any atom is 0.139 e. The van der Waals surface area contributed by atoms with E-state index in [4.69, 9.17) is 5.73 Å². The van der Waals surface area contributed by atoms with E-state index in [1.165, 1.54) is 12.1 Å². The van der Waals surface area contributed by atoms with Gasteiger partial charge in [-0.25, -0.2) is 4.39 Å². The molecule has 3 nitrogen and oxygen atoms in total. The average Bonchev–Trinajstić information content (AvgIpc) is 2.49. The average molecular weight is 282 g/mol. The van der Waals surface area contributed by atoms with Crippen molar-refractivity contribution < 1.29 is 9.18 Å². The number of benzene rings is 1. The number of carbonyl (C=O) groups excluding carboxylic acids is 1. The van der Waals surface area contributed by atoms with Crippen LogP contribution in [0.5, 0.6) is 0 Å². The van der Waals surface area contributed by atoms with Crippen molar-refractivity contribution in [3.05, 3.63) is 42.7 Å². The van der Waals surface area contributed by atoms with E-state index in [1.54, 1.807) is 32.2 Å². The van der Waals surface area contributed by atoms with Crippen LogP contribution in [0.15, 0.2) is 36.9 Å². The van der Waals surface area contributed by atoms with Crippen LogP contribution in [-0.2, 0) is 4.79 Å². The standard InChI is InChI=1S/C7H8FN.C7H13NO.C2H6/c1-9-7-4-2-6(8)3-5-7;1-3-4-5-7(2,8)6-9;1-2/h2-5,9H,1H3;3,6H,1,4-5,8H2,2H3;1-2H3. The summed E-state index contributed by atoms with van der Waals surface area (Å²) in [5, 5.41) is 2.89. The first-order valence-electron chi connectivity index (χ1n) is 6.74. The smallest absolute Gasteiger partial charge is 0.139 e. The molecule has 0 aliphatic heterocycles. The van der Waals surface area contributed by atoms with E-state index in [0.717, 1.165) is 18.4 Å². The topological polar surface area (TPSA) is 55.1 Å². The molecule has 0 radical (unpaired) electrons. The van der Waals surface area contributed by atoms with E-state index in [1.807, 2.05) is 13.8 Å². The Labute approximate surface area is 122 Å². The molecule has 1 rings (SSSR count). The molecule has 0 saturated heterocycles. The van der Waals surface area contributed by atoms with Gasteiger partial charge in [-0.15, -0.1) is 6.58 Å². The molecule has 0 fully saturated rings. The molecule has 4 heteroatoms. The first kappa shape index (κ1) is 20.6. The molecular formula is C16H27FN2O. The van der Waals surface area contributed by atoms with Gasteiger partial charge in [-0.2, -0.15) is 0 Å². The Morgan fingerprint density at radius 2 is 1.85 bits per heavy atom. The van der Waals surface area contributed by atoms with E-state index in [0.29, 0.717) is 6.42 Å². The van der Waals surface area contributed by atoms with Gasteiger partial charge in [-0.1, -0.05) is 19.9 Å². The van der Waals surface area contributed by atoms with Gasteiger partial charge in [0.1, 0.15) is 12.1 Å². The minimum atomic E-state index is -0.659. The largest absolute Gasteiger partial charge is 0.388 e. The number of rotatable bonds is 5. The van der Waals surface area contributed by atoms with Crippen LogP contribution in [0.2, 0.25) is 0 Å². The summed E-state index contributed by atoms with van der Waals surface area (Å²) in [4.78, 5) is 10.2. The Balaban J connectivity index is 0. The van der Waals surface area contributed by atoms with Crippen LogP contribution in [0.3, 0.4) is 0 Å². The van der Waals surface area contributed by atoms with Crippen molar-refractivity contribution in [3.8, 4) is 0 Å². The van der Waals surface area contributed by atoms with E-state index < -0.39 is 5.54 Å². The van der Waals surface area contributed by atoms with Crippen molar-refractivity contribution >= 4 is 12.0 Å². The summed E-state index contributed by atoms with van der Waals surface area (Å²) < 4.78 is 12.2. The molecule has 1 unspecified atom stereocenters. The number of nitrogens with one attached hydrogen (secondary N) is 1. The maximum absolute atomic E-state index is 12.2. The van der Waals surface area contributed by atoms with Crippen molar-refractivity contribution in [2.24, 2.45) is 5.73 Å². The normalized spacial score (nSPS) is 11.7. The molecule has 0 aliphatic carbocycles. The lowest BCUT2D eigenvalue weighted by atomic mass is 10.00. The van der Waals surface area contributed by atoms with Crippen LogP contribution in [0.1, 0.15) is 33.6 Å². The molecule has 0 saturated carbocycles. The molecule has 1 aromatic carbocycles. The lowest BCUT2D eigenvalue weighted by molar-refractivity contribution is -0.111. The third-order valence-electron chi connectivity index (χ3n) is 2.29. The molecule has 0 aliphatic rings. The lowest BCUT2D eigenvalue weighted by Crippen LogP contribution is -2.37. The monoisotopic (exact) mass is 282 g/mol. The van der Waals surface area contributed by atoms with Crippen molar-refractivity contribution in [1.82, 2.24) is 0 Å². The van der Waals surface area contributed by atoms with Gasteiger partial charge in [-0.3, -0.25) is 0 Å². The van der Waals surface area contributed by atoms with Crippen LogP contribution in [0, 0.1) is 5.82 Å². The number of anilines is 1. The van der Waals surface area contributed by atoms with Gasteiger partial charge >= 0.3 is 0 Å². The molecule has 0 amide bonds. The zero-order chi connectivity index (χ0) is 16.0. The van der Waals surface area contributed by atoms with E-state index in [2.05, 4.69) is 11.9 Å². The van der Waals surface area contributed by atoms with Crippen molar-refractivity contribution in [2.45, 2.75) is 39.2 Å². The van der Waals surface area contributed by atoms with Crippen LogP contribution < -0.4 is 11.1 Å². The number of hydrogen-bond acceptors (Lipinski definition) is 3. The van der Waals surface area contributed by atoms with Crippen LogP contribution in [-0.4, -0.2) is 18.9 Å². The number of aldehydes is 1. The Bertz CT molecular complexity index is 361. The summed E-state index contributed by atoms with van der Waals surface area (Å²) in [6.45, 7) is 9.24. The third kappa shape index (κ3) is 11.4. The number of nitrogens with two attached hydrogens (primary N) is 1. The molecule has 20 heavy (non-hydrogen) atoms. The summed E-state index contributed by atoms with van der Waals surface area (Å²) in [6, 6.07) is 6.22. The molecule has 0 spiro atoms. The third-order valence-corrected chi connectivity index (χ3v) is 2.29. The molecule has 0 heterocycles. The van der Waals surface area contributed by atoms with E-state index >= 15 is 0 Å². The summed E-state index contributed by atoms with van der Waals surface area (Å²) >= 11 is 0. The Kier molecular flexibility index (Phi) is 12.8. The second-order valence-corrected chi connectivity index (χ2v) is 4.21. The van der Waals surface area contributed by atoms with Crippen molar-refractivity contribution in [1.29, 1.82) is 0 Å². The van der Waals surface area contributed by atoms with Crippen LogP contribution in [0.4, 0.5) is 10.1 Å². The predicted molar refractivity (Wildman–Crippen MR) is 85.4 cm³/mol. The Morgan fingerprint density at radius 1 is 1.35 bits per heavy atom. The lowest BCUT2D eigenvalue weighted by Gasteiger charge is -2.14.